The molecule has 158 valence electrons. The highest BCUT2D eigenvalue weighted by atomic mass is 16.4. The van der Waals surface area contributed by atoms with Crippen LogP contribution in [-0.4, -0.2) is 92.9 Å². The van der Waals surface area contributed by atoms with Gasteiger partial charge in [0, 0.05) is 19.1 Å². The number of primary amides is 1. The molecule has 1 heterocycles. The first-order valence-electron chi connectivity index (χ1n) is 10.4. The smallest absolute Gasteiger partial charge is 0.315 e. The Kier molecular flexibility index (Phi) is 9.25. The normalized spacial score (nSPS) is 30.4. The number of likely N-dealkylation sites (tertiary alicyclic amines) is 1. The van der Waals surface area contributed by atoms with Crippen LogP contribution in [0.2, 0.25) is 0 Å². The van der Waals surface area contributed by atoms with E-state index in [1.165, 1.54) is 19.3 Å². The van der Waals surface area contributed by atoms with E-state index in [0.29, 0.717) is 19.1 Å². The molecule has 0 bridgehead atoms. The molecule has 27 heavy (non-hydrogen) atoms. The Bertz CT molecular complexity index is 447. The molecule has 0 radical (unpaired) electrons. The molecule has 0 aromatic carbocycles. The number of aliphatic hydroxyl groups excluding tert-OH is 4. The first-order valence-corrected chi connectivity index (χ1v) is 10.4. The molecule has 2 rings (SSSR count). The quantitative estimate of drug-likeness (QED) is 0.355. The molecule has 1 aliphatic carbocycles. The largest absolute Gasteiger partial charge is 0.395 e. The maximum Gasteiger partial charge on any atom is 0.315 e. The van der Waals surface area contributed by atoms with Crippen LogP contribution in [0.5, 0.6) is 0 Å². The number of rotatable bonds is 9. The average Bonchev–Trinajstić information content (AvgIpc) is 2.66. The lowest BCUT2D eigenvalue weighted by Gasteiger charge is -2.43. The van der Waals surface area contributed by atoms with Gasteiger partial charge in [-0.05, 0) is 32.2 Å². The number of carbonyl (C=O) groups is 1. The molecule has 2 aliphatic rings. The third-order valence-corrected chi connectivity index (χ3v) is 6.11. The monoisotopic (exact) mass is 387 g/mol. The molecule has 6 N–H and O–H groups in total. The zero-order chi connectivity index (χ0) is 19.8. The summed E-state index contributed by atoms with van der Waals surface area (Å²) < 4.78 is 0. The lowest BCUT2D eigenvalue weighted by atomic mass is 9.93. The second-order valence-corrected chi connectivity index (χ2v) is 8.03. The van der Waals surface area contributed by atoms with E-state index in [4.69, 9.17) is 5.73 Å². The van der Waals surface area contributed by atoms with Crippen LogP contribution in [0.4, 0.5) is 4.79 Å². The van der Waals surface area contributed by atoms with E-state index in [1.54, 1.807) is 0 Å². The third-order valence-electron chi connectivity index (χ3n) is 6.11. The lowest BCUT2D eigenvalue weighted by Crippen LogP contribution is -2.62. The first-order chi connectivity index (χ1) is 13.0. The van der Waals surface area contributed by atoms with Gasteiger partial charge >= 0.3 is 6.03 Å². The van der Waals surface area contributed by atoms with Crippen LogP contribution in [0.15, 0.2) is 0 Å². The Labute approximate surface area is 161 Å². The molecule has 4 unspecified atom stereocenters. The molecule has 0 aromatic rings. The third kappa shape index (κ3) is 6.29. The van der Waals surface area contributed by atoms with Gasteiger partial charge in [0.05, 0.1) is 18.8 Å². The molecule has 8 heteroatoms. The molecule has 8 nitrogen and oxygen atoms in total. The van der Waals surface area contributed by atoms with Crippen molar-refractivity contribution in [2.75, 3.05) is 26.2 Å². The highest BCUT2D eigenvalue weighted by Gasteiger charge is 2.40. The van der Waals surface area contributed by atoms with Gasteiger partial charge in [0.25, 0.3) is 0 Å². The van der Waals surface area contributed by atoms with Crippen LogP contribution in [0.25, 0.3) is 0 Å². The van der Waals surface area contributed by atoms with E-state index in [-0.39, 0.29) is 19.2 Å². The zero-order valence-electron chi connectivity index (χ0n) is 16.2. The Morgan fingerprint density at radius 3 is 2.30 bits per heavy atom. The van der Waals surface area contributed by atoms with Gasteiger partial charge in [-0.15, -0.1) is 0 Å². The minimum Gasteiger partial charge on any atom is -0.395 e. The van der Waals surface area contributed by atoms with E-state index < -0.39 is 24.4 Å². The lowest BCUT2D eigenvalue weighted by molar-refractivity contribution is -0.145. The van der Waals surface area contributed by atoms with Crippen molar-refractivity contribution < 1.29 is 25.2 Å². The van der Waals surface area contributed by atoms with Crippen molar-refractivity contribution >= 4 is 6.03 Å². The minimum absolute atomic E-state index is 0.250. The minimum atomic E-state index is -1.21. The number of amides is 2. The molecular weight excluding hydrogens is 350 g/mol. The van der Waals surface area contributed by atoms with Crippen LogP contribution >= 0.6 is 0 Å². The number of piperidine rings is 1. The van der Waals surface area contributed by atoms with Gasteiger partial charge in [-0.3, -0.25) is 4.90 Å². The number of nitrogens with two attached hydrogens (primary N) is 1. The summed E-state index contributed by atoms with van der Waals surface area (Å²) in [7, 11) is 0. The number of nitrogens with zero attached hydrogens (tertiary/aromatic N) is 2. The predicted octanol–water partition coefficient (Wildman–Crippen LogP) is 0.0194. The number of urea groups is 1. The fourth-order valence-electron chi connectivity index (χ4n) is 4.45. The molecule has 4 atom stereocenters. The van der Waals surface area contributed by atoms with Crippen LogP contribution < -0.4 is 5.73 Å². The molecule has 1 aliphatic heterocycles. The molecule has 2 fully saturated rings. The van der Waals surface area contributed by atoms with Crippen LogP contribution in [0.1, 0.15) is 57.8 Å². The van der Waals surface area contributed by atoms with Gasteiger partial charge in [-0.1, -0.05) is 32.1 Å². The second kappa shape index (κ2) is 11.2. The van der Waals surface area contributed by atoms with Gasteiger partial charge in [-0.2, -0.15) is 0 Å². The van der Waals surface area contributed by atoms with Crippen molar-refractivity contribution in [3.8, 4) is 0 Å². The molecule has 0 aromatic heterocycles. The van der Waals surface area contributed by atoms with Gasteiger partial charge in [0.2, 0.25) is 0 Å². The van der Waals surface area contributed by atoms with E-state index in [1.807, 2.05) is 9.80 Å². The van der Waals surface area contributed by atoms with Crippen molar-refractivity contribution in [3.63, 3.8) is 0 Å². The average molecular weight is 388 g/mol. The summed E-state index contributed by atoms with van der Waals surface area (Å²) >= 11 is 0. The van der Waals surface area contributed by atoms with Crippen molar-refractivity contribution in [2.24, 2.45) is 5.73 Å². The number of hydrogen-bond donors (Lipinski definition) is 5. The summed E-state index contributed by atoms with van der Waals surface area (Å²) in [5.74, 6) is 0. The van der Waals surface area contributed by atoms with Gasteiger partial charge in [0.1, 0.15) is 12.2 Å². The van der Waals surface area contributed by atoms with E-state index in [9.17, 15) is 25.2 Å². The van der Waals surface area contributed by atoms with Gasteiger partial charge < -0.3 is 31.1 Å². The predicted molar refractivity (Wildman–Crippen MR) is 102 cm³/mol. The highest BCUT2D eigenvalue weighted by molar-refractivity contribution is 5.72. The summed E-state index contributed by atoms with van der Waals surface area (Å²) in [6.45, 7) is 1.35. The maximum absolute atomic E-state index is 11.7. The Morgan fingerprint density at radius 2 is 1.67 bits per heavy atom. The molecule has 1 saturated carbocycles. The Morgan fingerprint density at radius 1 is 1.00 bits per heavy atom. The summed E-state index contributed by atoms with van der Waals surface area (Å²) in [6, 6.07) is -0.563. The van der Waals surface area contributed by atoms with E-state index in [2.05, 4.69) is 0 Å². The number of hydrogen-bond acceptors (Lipinski definition) is 6. The van der Waals surface area contributed by atoms with E-state index >= 15 is 0 Å². The molecule has 0 spiro atoms. The van der Waals surface area contributed by atoms with Crippen LogP contribution in [-0.2, 0) is 0 Å². The van der Waals surface area contributed by atoms with Crippen LogP contribution in [0, 0.1) is 0 Å². The summed E-state index contributed by atoms with van der Waals surface area (Å²) in [4.78, 5) is 15.4. The summed E-state index contributed by atoms with van der Waals surface area (Å²) in [6.07, 6.45) is 6.05. The molecule has 2 amide bonds. The van der Waals surface area contributed by atoms with E-state index in [0.717, 1.165) is 38.5 Å². The Balaban J connectivity index is 1.66. The topological polar surface area (TPSA) is 130 Å². The number of aliphatic hydroxyl groups is 4. The fourth-order valence-corrected chi connectivity index (χ4v) is 4.45. The zero-order valence-corrected chi connectivity index (χ0v) is 16.2. The number of carbonyl (C=O) groups excluding carboxylic acids is 1. The summed E-state index contributed by atoms with van der Waals surface area (Å²) in [5, 5.41) is 39.0. The Hall–Kier alpha value is -0.930. The van der Waals surface area contributed by atoms with Crippen molar-refractivity contribution in [2.45, 2.75) is 88.2 Å². The molecule has 1 saturated heterocycles. The summed E-state index contributed by atoms with van der Waals surface area (Å²) in [5.41, 5.74) is 5.56. The number of β-amino-alcohol motifs (C(OH)–C–C–N with tert-alkyl or cyclic N) is 1. The van der Waals surface area contributed by atoms with Crippen LogP contribution in [0.3, 0.4) is 0 Å². The van der Waals surface area contributed by atoms with Gasteiger partial charge in [-0.25, -0.2) is 4.79 Å². The molecular formula is C19H37N3O5. The first kappa shape index (κ1) is 22.4. The van der Waals surface area contributed by atoms with Crippen molar-refractivity contribution in [3.05, 3.63) is 0 Å². The van der Waals surface area contributed by atoms with Crippen molar-refractivity contribution in [1.29, 1.82) is 0 Å². The van der Waals surface area contributed by atoms with Gasteiger partial charge in [0.15, 0.2) is 0 Å². The highest BCUT2D eigenvalue weighted by Crippen LogP contribution is 2.23. The number of unbranched alkanes of at least 4 members (excludes halogenated alkanes) is 3. The standard InChI is InChI=1S/C19H37N3O5/c20-19(27)22(14-8-4-3-5-9-14)11-7-2-1-6-10-21-12-16(24)18(26)17(25)15(21)13-23/h14-18,23-26H,1-13H2,(H2,20,27). The SMILES string of the molecule is NC(=O)N(CCCCCCN1CC(O)C(O)C(O)C1CO)C1CCCCC1. The maximum atomic E-state index is 11.7. The fraction of sp³-hybridized carbons (Fsp3) is 0.947. The second-order valence-electron chi connectivity index (χ2n) is 8.03. The van der Waals surface area contributed by atoms with Crippen molar-refractivity contribution in [1.82, 2.24) is 9.80 Å².